The summed E-state index contributed by atoms with van der Waals surface area (Å²) in [5.74, 6) is 0.806. The first-order valence-electron chi connectivity index (χ1n) is 9.02. The lowest BCUT2D eigenvalue weighted by molar-refractivity contribution is -0.0440. The SMILES string of the molecule is C[C@@H]1CN(S(=O)(=O)CCNC(=O)Nc2cc3c(cc2Cl)OCCO3)C[C@@H](C)O1. The van der Waals surface area contributed by atoms with Crippen molar-refractivity contribution >= 4 is 33.3 Å². The molecule has 2 heterocycles. The monoisotopic (exact) mass is 433 g/mol. The summed E-state index contributed by atoms with van der Waals surface area (Å²) < 4.78 is 42.8. The number of fused-ring (bicyclic) bond motifs is 1. The van der Waals surface area contributed by atoms with E-state index in [9.17, 15) is 13.2 Å². The summed E-state index contributed by atoms with van der Waals surface area (Å²) in [6.07, 6.45) is -0.320. The Balaban J connectivity index is 1.52. The van der Waals surface area contributed by atoms with Gasteiger partial charge >= 0.3 is 6.03 Å². The molecule has 2 aliphatic rings. The number of rotatable bonds is 5. The van der Waals surface area contributed by atoms with Crippen LogP contribution in [0, 0.1) is 0 Å². The first-order valence-corrected chi connectivity index (χ1v) is 11.0. The quantitative estimate of drug-likeness (QED) is 0.731. The van der Waals surface area contributed by atoms with Gasteiger partial charge in [-0.25, -0.2) is 13.2 Å². The van der Waals surface area contributed by atoms with Crippen LogP contribution in [0.5, 0.6) is 11.5 Å². The van der Waals surface area contributed by atoms with Crippen molar-refractivity contribution in [1.29, 1.82) is 0 Å². The number of hydrogen-bond donors (Lipinski definition) is 2. The van der Waals surface area contributed by atoms with E-state index in [2.05, 4.69) is 10.6 Å². The second-order valence-corrected chi connectivity index (χ2v) is 9.24. The van der Waals surface area contributed by atoms with Gasteiger partial charge in [-0.05, 0) is 13.8 Å². The zero-order valence-corrected chi connectivity index (χ0v) is 17.3. The molecular weight excluding hydrogens is 410 g/mol. The number of sulfonamides is 1. The number of amides is 2. The molecule has 0 unspecified atom stereocenters. The zero-order chi connectivity index (χ0) is 20.3. The third kappa shape index (κ3) is 5.19. The highest BCUT2D eigenvalue weighted by molar-refractivity contribution is 7.89. The second kappa shape index (κ2) is 8.73. The molecule has 1 fully saturated rings. The van der Waals surface area contributed by atoms with Crippen LogP contribution in [-0.4, -0.2) is 69.6 Å². The lowest BCUT2D eigenvalue weighted by atomic mass is 10.2. The molecule has 0 spiro atoms. The molecule has 1 aromatic rings. The van der Waals surface area contributed by atoms with Gasteiger partial charge in [0.15, 0.2) is 11.5 Å². The van der Waals surface area contributed by atoms with E-state index in [0.717, 1.165) is 0 Å². The summed E-state index contributed by atoms with van der Waals surface area (Å²) in [7, 11) is -3.49. The molecule has 9 nitrogen and oxygen atoms in total. The van der Waals surface area contributed by atoms with Gasteiger partial charge in [-0.3, -0.25) is 0 Å². The highest BCUT2D eigenvalue weighted by atomic mass is 35.5. The van der Waals surface area contributed by atoms with Crippen LogP contribution in [0.15, 0.2) is 12.1 Å². The molecule has 3 rings (SSSR count). The van der Waals surface area contributed by atoms with Crippen molar-refractivity contribution in [2.24, 2.45) is 0 Å². The van der Waals surface area contributed by atoms with Crippen LogP contribution in [0.1, 0.15) is 13.8 Å². The van der Waals surface area contributed by atoms with E-state index < -0.39 is 16.1 Å². The normalized spacial score (nSPS) is 22.5. The van der Waals surface area contributed by atoms with E-state index in [-0.39, 0.29) is 24.5 Å². The number of ether oxygens (including phenoxy) is 3. The van der Waals surface area contributed by atoms with E-state index in [1.54, 1.807) is 12.1 Å². The minimum atomic E-state index is -3.49. The molecule has 28 heavy (non-hydrogen) atoms. The lowest BCUT2D eigenvalue weighted by Gasteiger charge is -2.34. The first-order chi connectivity index (χ1) is 13.2. The van der Waals surface area contributed by atoms with Crippen molar-refractivity contribution < 1.29 is 27.4 Å². The van der Waals surface area contributed by atoms with Crippen LogP contribution >= 0.6 is 11.6 Å². The van der Waals surface area contributed by atoms with Crippen LogP contribution in [-0.2, 0) is 14.8 Å². The minimum Gasteiger partial charge on any atom is -0.486 e. The van der Waals surface area contributed by atoms with E-state index in [1.807, 2.05) is 13.8 Å². The van der Waals surface area contributed by atoms with Gasteiger partial charge in [0.2, 0.25) is 10.0 Å². The topological polar surface area (TPSA) is 106 Å². The average molecular weight is 434 g/mol. The van der Waals surface area contributed by atoms with E-state index in [0.29, 0.717) is 48.5 Å². The summed E-state index contributed by atoms with van der Waals surface area (Å²) in [6, 6.07) is 2.58. The molecule has 2 amide bonds. The van der Waals surface area contributed by atoms with Crippen molar-refractivity contribution in [3.8, 4) is 11.5 Å². The number of benzene rings is 1. The predicted molar refractivity (Wildman–Crippen MR) is 105 cm³/mol. The summed E-state index contributed by atoms with van der Waals surface area (Å²) in [4.78, 5) is 12.1. The van der Waals surface area contributed by atoms with Crippen LogP contribution in [0.2, 0.25) is 5.02 Å². The maximum absolute atomic E-state index is 12.5. The number of hydrogen-bond acceptors (Lipinski definition) is 6. The molecule has 0 aliphatic carbocycles. The number of anilines is 1. The summed E-state index contributed by atoms with van der Waals surface area (Å²) in [5, 5.41) is 5.43. The van der Waals surface area contributed by atoms with Crippen molar-refractivity contribution in [1.82, 2.24) is 9.62 Å². The standard InChI is InChI=1S/C17H24ClN3O6S/c1-11-9-21(10-12(2)27-11)28(23,24)6-3-19-17(22)20-14-8-16-15(7-13(14)18)25-4-5-26-16/h7-8,11-12H,3-6,9-10H2,1-2H3,(H2,19,20,22)/t11-,12-/m1/s1. The van der Waals surface area contributed by atoms with Gasteiger partial charge < -0.3 is 24.8 Å². The van der Waals surface area contributed by atoms with Gasteiger partial charge in [0, 0.05) is 31.8 Å². The van der Waals surface area contributed by atoms with E-state index in [1.165, 1.54) is 4.31 Å². The van der Waals surface area contributed by atoms with Crippen LogP contribution in [0.4, 0.5) is 10.5 Å². The second-order valence-electron chi connectivity index (χ2n) is 6.75. The third-order valence-corrected chi connectivity index (χ3v) is 6.42. The highest BCUT2D eigenvalue weighted by Crippen LogP contribution is 2.37. The number of nitrogens with one attached hydrogen (secondary N) is 2. The fourth-order valence-electron chi connectivity index (χ4n) is 3.11. The third-order valence-electron chi connectivity index (χ3n) is 4.31. The van der Waals surface area contributed by atoms with Gasteiger partial charge in [-0.2, -0.15) is 4.31 Å². The van der Waals surface area contributed by atoms with Crippen molar-refractivity contribution in [3.63, 3.8) is 0 Å². The molecule has 1 saturated heterocycles. The maximum Gasteiger partial charge on any atom is 0.319 e. The smallest absolute Gasteiger partial charge is 0.319 e. The van der Waals surface area contributed by atoms with Crippen LogP contribution in [0.25, 0.3) is 0 Å². The average Bonchev–Trinajstić information content (AvgIpc) is 2.61. The summed E-state index contributed by atoms with van der Waals surface area (Å²) >= 11 is 6.15. The zero-order valence-electron chi connectivity index (χ0n) is 15.7. The van der Waals surface area contributed by atoms with Crippen molar-refractivity contribution in [2.45, 2.75) is 26.1 Å². The molecule has 11 heteroatoms. The van der Waals surface area contributed by atoms with Gasteiger partial charge in [-0.15, -0.1) is 0 Å². The number of nitrogens with zero attached hydrogens (tertiary/aromatic N) is 1. The molecule has 2 atom stereocenters. The molecule has 156 valence electrons. The predicted octanol–water partition coefficient (Wildman–Crippen LogP) is 1.67. The molecule has 2 N–H and O–H groups in total. The minimum absolute atomic E-state index is 0.0313. The van der Waals surface area contributed by atoms with Crippen molar-refractivity contribution in [3.05, 3.63) is 17.2 Å². The largest absolute Gasteiger partial charge is 0.486 e. The Morgan fingerprint density at radius 2 is 1.79 bits per heavy atom. The Labute approximate surface area is 169 Å². The molecular formula is C17H24ClN3O6S. The molecule has 0 radical (unpaired) electrons. The Hall–Kier alpha value is -1.75. The molecule has 2 aliphatic heterocycles. The van der Waals surface area contributed by atoms with Crippen LogP contribution in [0.3, 0.4) is 0 Å². The van der Waals surface area contributed by atoms with Gasteiger partial charge in [0.25, 0.3) is 0 Å². The number of carbonyl (C=O) groups excluding carboxylic acids is 1. The number of halogens is 1. The highest BCUT2D eigenvalue weighted by Gasteiger charge is 2.30. The molecule has 0 saturated carbocycles. The summed E-state index contributed by atoms with van der Waals surface area (Å²) in [6.45, 7) is 5.11. The van der Waals surface area contributed by atoms with Gasteiger partial charge in [-0.1, -0.05) is 11.6 Å². The van der Waals surface area contributed by atoms with Gasteiger partial charge in [0.05, 0.1) is 28.7 Å². The Morgan fingerprint density at radius 1 is 1.18 bits per heavy atom. The summed E-state index contributed by atoms with van der Waals surface area (Å²) in [5.41, 5.74) is 0.349. The fraction of sp³-hybridized carbons (Fsp3) is 0.588. The van der Waals surface area contributed by atoms with E-state index in [4.69, 9.17) is 25.8 Å². The molecule has 0 bridgehead atoms. The van der Waals surface area contributed by atoms with Crippen LogP contribution < -0.4 is 20.1 Å². The Morgan fingerprint density at radius 3 is 2.43 bits per heavy atom. The fourth-order valence-corrected chi connectivity index (χ4v) is 4.80. The molecule has 0 aromatic heterocycles. The number of carbonyl (C=O) groups is 1. The molecule has 1 aromatic carbocycles. The number of morpholine rings is 1. The maximum atomic E-state index is 12.5. The first kappa shape index (κ1) is 21.0. The van der Waals surface area contributed by atoms with Gasteiger partial charge in [0.1, 0.15) is 13.2 Å². The van der Waals surface area contributed by atoms with E-state index >= 15 is 0 Å². The van der Waals surface area contributed by atoms with Crippen molar-refractivity contribution in [2.75, 3.05) is 43.9 Å². The Bertz CT molecular complexity index is 824. The lowest BCUT2D eigenvalue weighted by Crippen LogP contribution is -2.49. The Kier molecular flexibility index (Phi) is 6.54. The number of urea groups is 1.